The summed E-state index contributed by atoms with van der Waals surface area (Å²) in [7, 11) is 1.36. The maximum absolute atomic E-state index is 13.9. The fraction of sp³-hybridized carbons (Fsp3) is 0.182. The van der Waals surface area contributed by atoms with Crippen LogP contribution in [0.1, 0.15) is 5.56 Å². The number of hydrogen-bond acceptors (Lipinski definition) is 4. The van der Waals surface area contributed by atoms with Crippen LogP contribution in [0.5, 0.6) is 5.75 Å². The summed E-state index contributed by atoms with van der Waals surface area (Å²) in [5.74, 6) is -0.880. The molecule has 0 spiro atoms. The van der Waals surface area contributed by atoms with Gasteiger partial charge in [0.15, 0.2) is 16.6 Å². The van der Waals surface area contributed by atoms with Crippen molar-refractivity contribution in [3.8, 4) is 5.75 Å². The molecule has 19 heavy (non-hydrogen) atoms. The van der Waals surface area contributed by atoms with Gasteiger partial charge in [-0.2, -0.15) is 4.68 Å². The fourth-order valence-electron chi connectivity index (χ4n) is 1.60. The molecule has 100 valence electrons. The fourth-order valence-corrected chi connectivity index (χ4v) is 1.82. The van der Waals surface area contributed by atoms with Crippen molar-refractivity contribution in [3.05, 3.63) is 50.9 Å². The van der Waals surface area contributed by atoms with Gasteiger partial charge in [-0.05, 0) is 11.0 Å². The van der Waals surface area contributed by atoms with Crippen LogP contribution in [0.15, 0.2) is 24.4 Å². The molecular weight excluding hydrogens is 277 g/mol. The second-order valence-corrected chi connectivity index (χ2v) is 4.10. The van der Waals surface area contributed by atoms with E-state index in [9.17, 15) is 14.5 Å². The van der Waals surface area contributed by atoms with Crippen LogP contribution in [0.2, 0.25) is 5.02 Å². The van der Waals surface area contributed by atoms with Crippen LogP contribution in [-0.4, -0.2) is 21.8 Å². The molecule has 0 unspecified atom stereocenters. The Balaban J connectivity index is 2.31. The molecule has 2 aromatic rings. The molecule has 0 N–H and O–H groups in total. The van der Waals surface area contributed by atoms with Crippen LogP contribution in [0.4, 0.5) is 10.2 Å². The van der Waals surface area contributed by atoms with E-state index >= 15 is 0 Å². The number of aromatic nitrogens is 2. The minimum Gasteiger partial charge on any atom is -0.494 e. The molecule has 0 saturated carbocycles. The minimum atomic E-state index is -0.694. The molecule has 0 radical (unpaired) electrons. The Hall–Kier alpha value is -2.15. The van der Waals surface area contributed by atoms with Crippen LogP contribution in [0, 0.1) is 15.9 Å². The molecule has 1 aromatic carbocycles. The molecule has 8 heteroatoms. The zero-order chi connectivity index (χ0) is 14.0. The Morgan fingerprint density at radius 1 is 1.58 bits per heavy atom. The van der Waals surface area contributed by atoms with Crippen LogP contribution < -0.4 is 4.74 Å². The normalized spacial score (nSPS) is 10.5. The molecule has 0 aliphatic rings. The van der Waals surface area contributed by atoms with E-state index in [1.807, 2.05) is 0 Å². The Morgan fingerprint density at radius 3 is 2.89 bits per heavy atom. The monoisotopic (exact) mass is 285 g/mol. The van der Waals surface area contributed by atoms with Gasteiger partial charge in [0.25, 0.3) is 0 Å². The highest BCUT2D eigenvalue weighted by Crippen LogP contribution is 2.24. The maximum atomic E-state index is 13.9. The second-order valence-electron chi connectivity index (χ2n) is 3.69. The molecule has 2 rings (SSSR count). The predicted molar refractivity (Wildman–Crippen MR) is 65.9 cm³/mol. The van der Waals surface area contributed by atoms with Crippen LogP contribution in [0.3, 0.4) is 0 Å². The molecule has 0 bridgehead atoms. The highest BCUT2D eigenvalue weighted by molar-refractivity contribution is 6.32. The molecule has 0 saturated heterocycles. The number of ether oxygens (including phenoxy) is 1. The number of benzene rings is 1. The first-order valence-corrected chi connectivity index (χ1v) is 5.59. The summed E-state index contributed by atoms with van der Waals surface area (Å²) < 4.78 is 19.9. The third-order valence-corrected chi connectivity index (χ3v) is 2.73. The van der Waals surface area contributed by atoms with Crippen molar-refractivity contribution in [3.63, 3.8) is 0 Å². The van der Waals surface area contributed by atoms with Crippen molar-refractivity contribution in [2.45, 2.75) is 6.54 Å². The topological polar surface area (TPSA) is 70.2 Å². The van der Waals surface area contributed by atoms with Crippen LogP contribution >= 0.6 is 11.6 Å². The molecule has 0 aliphatic carbocycles. The zero-order valence-corrected chi connectivity index (χ0v) is 10.6. The number of halogens is 2. The van der Waals surface area contributed by atoms with Gasteiger partial charge in [-0.1, -0.05) is 23.7 Å². The largest absolute Gasteiger partial charge is 0.494 e. The first-order chi connectivity index (χ1) is 9.02. The van der Waals surface area contributed by atoms with Crippen LogP contribution in [-0.2, 0) is 6.54 Å². The molecule has 1 heterocycles. The lowest BCUT2D eigenvalue weighted by Gasteiger charge is -2.05. The molecule has 0 amide bonds. The highest BCUT2D eigenvalue weighted by atomic mass is 35.5. The van der Waals surface area contributed by atoms with Gasteiger partial charge in [0.2, 0.25) is 0 Å². The minimum absolute atomic E-state index is 0.0244. The molecular formula is C11H9ClFN3O3. The first kappa shape index (κ1) is 13.3. The van der Waals surface area contributed by atoms with Crippen molar-refractivity contribution in [1.29, 1.82) is 0 Å². The van der Waals surface area contributed by atoms with Gasteiger partial charge in [-0.25, -0.2) is 4.39 Å². The van der Waals surface area contributed by atoms with E-state index in [0.717, 1.165) is 0 Å². The van der Waals surface area contributed by atoms with Crippen molar-refractivity contribution >= 4 is 17.4 Å². The third-order valence-electron chi connectivity index (χ3n) is 2.47. The number of rotatable bonds is 4. The summed E-state index contributed by atoms with van der Waals surface area (Å²) in [6, 6.07) is 4.65. The summed E-state index contributed by atoms with van der Waals surface area (Å²) in [6.45, 7) is 0.0244. The SMILES string of the molecule is COc1cccc(Cn2cc(Cl)c([N+](=O)[O-])n2)c1F. The first-order valence-electron chi connectivity index (χ1n) is 5.21. The van der Waals surface area contributed by atoms with E-state index in [2.05, 4.69) is 5.10 Å². The van der Waals surface area contributed by atoms with E-state index < -0.39 is 16.6 Å². The Bertz CT molecular complexity index is 630. The van der Waals surface area contributed by atoms with Crippen molar-refractivity contribution in [2.24, 2.45) is 0 Å². The summed E-state index contributed by atoms with van der Waals surface area (Å²) in [6.07, 6.45) is 1.28. The average molecular weight is 286 g/mol. The third kappa shape index (κ3) is 2.65. The summed E-state index contributed by atoms with van der Waals surface area (Å²) in [5, 5.41) is 14.2. The van der Waals surface area contributed by atoms with E-state index in [4.69, 9.17) is 16.3 Å². The van der Waals surface area contributed by atoms with Gasteiger partial charge < -0.3 is 14.9 Å². The lowest BCUT2D eigenvalue weighted by atomic mass is 10.2. The second kappa shape index (κ2) is 5.23. The standard InChI is InChI=1S/C11H9ClFN3O3/c1-19-9-4-2-3-7(10(9)13)5-15-6-8(12)11(14-15)16(17)18/h2-4,6H,5H2,1H3. The predicted octanol–water partition coefficient (Wildman–Crippen LogP) is 2.64. The van der Waals surface area contributed by atoms with Crippen LogP contribution in [0.25, 0.3) is 0 Å². The smallest absolute Gasteiger partial charge is 0.408 e. The van der Waals surface area contributed by atoms with Gasteiger partial charge in [0, 0.05) is 5.56 Å². The van der Waals surface area contributed by atoms with Gasteiger partial charge in [-0.3, -0.25) is 0 Å². The lowest BCUT2D eigenvalue weighted by Crippen LogP contribution is -2.04. The molecule has 6 nitrogen and oxygen atoms in total. The van der Waals surface area contributed by atoms with Gasteiger partial charge >= 0.3 is 5.82 Å². The lowest BCUT2D eigenvalue weighted by molar-refractivity contribution is -0.389. The van der Waals surface area contributed by atoms with Gasteiger partial charge in [0.1, 0.15) is 0 Å². The summed E-state index contributed by atoms with van der Waals surface area (Å²) in [4.78, 5) is 9.91. The van der Waals surface area contributed by atoms with Gasteiger partial charge in [0.05, 0.1) is 25.0 Å². The van der Waals surface area contributed by atoms with E-state index in [0.29, 0.717) is 5.56 Å². The maximum Gasteiger partial charge on any atom is 0.408 e. The molecule has 0 fully saturated rings. The number of hydrogen-bond donors (Lipinski definition) is 0. The van der Waals surface area contributed by atoms with Gasteiger partial charge in [-0.15, -0.1) is 0 Å². The van der Waals surface area contributed by atoms with E-state index in [1.165, 1.54) is 24.1 Å². The zero-order valence-electron chi connectivity index (χ0n) is 9.84. The number of nitrogens with zero attached hydrogens (tertiary/aromatic N) is 3. The quantitative estimate of drug-likeness (QED) is 0.639. The molecule has 1 aromatic heterocycles. The average Bonchev–Trinajstić information content (AvgIpc) is 2.73. The Kier molecular flexibility index (Phi) is 3.66. The number of methoxy groups -OCH3 is 1. The summed E-state index contributed by atoms with van der Waals surface area (Å²) in [5.41, 5.74) is 0.299. The van der Waals surface area contributed by atoms with E-state index in [1.54, 1.807) is 12.1 Å². The molecule has 0 aliphatic heterocycles. The van der Waals surface area contributed by atoms with E-state index in [-0.39, 0.29) is 17.3 Å². The Labute approximate surface area is 112 Å². The number of nitro groups is 1. The van der Waals surface area contributed by atoms with Crippen molar-refractivity contribution in [1.82, 2.24) is 9.78 Å². The molecule has 0 atom stereocenters. The summed E-state index contributed by atoms with van der Waals surface area (Å²) >= 11 is 5.66. The Morgan fingerprint density at radius 2 is 2.32 bits per heavy atom. The highest BCUT2D eigenvalue weighted by Gasteiger charge is 2.20. The van der Waals surface area contributed by atoms with Crippen molar-refractivity contribution in [2.75, 3.05) is 7.11 Å². The van der Waals surface area contributed by atoms with Crippen molar-refractivity contribution < 1.29 is 14.1 Å².